The third-order valence-electron chi connectivity index (χ3n) is 9.74. The average Bonchev–Trinajstić information content (AvgIpc) is 3.83. The molecule has 2 nitrogen and oxygen atoms in total. The molecule has 0 aliphatic heterocycles. The van der Waals surface area contributed by atoms with E-state index in [1.807, 2.05) is 17.4 Å². The van der Waals surface area contributed by atoms with E-state index in [2.05, 4.69) is 138 Å². The van der Waals surface area contributed by atoms with Gasteiger partial charge in [0.15, 0.2) is 5.58 Å². The van der Waals surface area contributed by atoms with Gasteiger partial charge < -0.3 is 8.98 Å². The Hall–Kier alpha value is -5.64. The van der Waals surface area contributed by atoms with Crippen LogP contribution >= 0.6 is 11.3 Å². The highest BCUT2D eigenvalue weighted by Gasteiger charge is 2.26. The average molecular weight is 590 g/mol. The maximum atomic E-state index is 6.49. The van der Waals surface area contributed by atoms with E-state index in [-0.39, 0.29) is 0 Å². The molecule has 3 heteroatoms. The minimum Gasteiger partial charge on any atom is -0.454 e. The van der Waals surface area contributed by atoms with Gasteiger partial charge in [-0.15, -0.1) is 11.3 Å². The zero-order chi connectivity index (χ0) is 29.2. The summed E-state index contributed by atoms with van der Waals surface area (Å²) in [5.74, 6) is 0. The third kappa shape index (κ3) is 3.08. The van der Waals surface area contributed by atoms with E-state index >= 15 is 0 Å². The lowest BCUT2D eigenvalue weighted by Crippen LogP contribution is -1.94. The van der Waals surface area contributed by atoms with Gasteiger partial charge in [-0.3, -0.25) is 0 Å². The van der Waals surface area contributed by atoms with Crippen LogP contribution in [-0.2, 0) is 0 Å². The number of hydrogen-bond acceptors (Lipinski definition) is 2. The SMILES string of the molecule is c1cc2c3c(cccc3c1)-c1c-2sc2ccc(-c3ccc4c(c3)c3ccccc3n4-c3cccc4c3oc3ccccc34)cc12. The first kappa shape index (κ1) is 23.8. The summed E-state index contributed by atoms with van der Waals surface area (Å²) in [4.78, 5) is 1.40. The topological polar surface area (TPSA) is 18.1 Å². The predicted octanol–water partition coefficient (Wildman–Crippen LogP) is 12.4. The molecule has 0 spiro atoms. The first-order chi connectivity index (χ1) is 22.3. The van der Waals surface area contributed by atoms with Crippen molar-refractivity contribution in [3.05, 3.63) is 140 Å². The molecule has 0 unspecified atom stereocenters. The molecule has 0 radical (unpaired) electrons. The summed E-state index contributed by atoms with van der Waals surface area (Å²) >= 11 is 1.92. The van der Waals surface area contributed by atoms with Gasteiger partial charge in [0.1, 0.15) is 5.58 Å². The van der Waals surface area contributed by atoms with Gasteiger partial charge in [0.25, 0.3) is 0 Å². The van der Waals surface area contributed by atoms with Crippen LogP contribution in [0.25, 0.3) is 103 Å². The van der Waals surface area contributed by atoms with E-state index < -0.39 is 0 Å². The first-order valence-electron chi connectivity index (χ1n) is 15.4. The summed E-state index contributed by atoms with van der Waals surface area (Å²) in [6.45, 7) is 0. The molecular weight excluding hydrogens is 567 g/mol. The largest absolute Gasteiger partial charge is 0.454 e. The van der Waals surface area contributed by atoms with Crippen molar-refractivity contribution in [3.8, 4) is 38.4 Å². The minimum absolute atomic E-state index is 0.914. The lowest BCUT2D eigenvalue weighted by atomic mass is 9.98. The van der Waals surface area contributed by atoms with Crippen molar-refractivity contribution >= 4 is 75.9 Å². The molecule has 10 aromatic rings. The quantitative estimate of drug-likeness (QED) is 0.196. The van der Waals surface area contributed by atoms with E-state index in [4.69, 9.17) is 4.42 Å². The van der Waals surface area contributed by atoms with E-state index in [0.29, 0.717) is 0 Å². The summed E-state index contributed by atoms with van der Waals surface area (Å²) in [5, 5.41) is 8.81. The monoisotopic (exact) mass is 589 g/mol. The second kappa shape index (κ2) is 8.50. The van der Waals surface area contributed by atoms with Crippen molar-refractivity contribution in [1.82, 2.24) is 4.57 Å². The van der Waals surface area contributed by atoms with Crippen LogP contribution in [0.1, 0.15) is 0 Å². The van der Waals surface area contributed by atoms with Crippen LogP contribution in [0.3, 0.4) is 0 Å². The fraction of sp³-hybridized carbons (Fsp3) is 0. The highest BCUT2D eigenvalue weighted by molar-refractivity contribution is 7.23. The van der Waals surface area contributed by atoms with E-state index in [9.17, 15) is 0 Å². The summed E-state index contributed by atoms with van der Waals surface area (Å²) < 4.78 is 10.2. The fourth-order valence-electron chi connectivity index (χ4n) is 7.79. The maximum Gasteiger partial charge on any atom is 0.159 e. The molecule has 0 fully saturated rings. The molecule has 0 saturated carbocycles. The second-order valence-corrected chi connectivity index (χ2v) is 13.1. The Morgan fingerprint density at radius 1 is 0.511 bits per heavy atom. The van der Waals surface area contributed by atoms with Crippen molar-refractivity contribution in [2.24, 2.45) is 0 Å². The number of aromatic nitrogens is 1. The molecule has 0 bridgehead atoms. The van der Waals surface area contributed by atoms with Crippen LogP contribution in [0.2, 0.25) is 0 Å². The number of para-hydroxylation sites is 3. The summed E-state index contributed by atoms with van der Waals surface area (Å²) in [6.07, 6.45) is 0. The van der Waals surface area contributed by atoms with Gasteiger partial charge in [0.2, 0.25) is 0 Å². The number of rotatable bonds is 2. The zero-order valence-corrected chi connectivity index (χ0v) is 24.9. The number of hydrogen-bond donors (Lipinski definition) is 0. The Bertz CT molecular complexity index is 2870. The smallest absolute Gasteiger partial charge is 0.159 e. The second-order valence-electron chi connectivity index (χ2n) is 12.1. The van der Waals surface area contributed by atoms with Crippen LogP contribution in [0.5, 0.6) is 0 Å². The van der Waals surface area contributed by atoms with Gasteiger partial charge in [-0.2, -0.15) is 0 Å². The normalized spacial score (nSPS) is 12.4. The van der Waals surface area contributed by atoms with Gasteiger partial charge in [-0.1, -0.05) is 97.1 Å². The molecule has 3 aromatic heterocycles. The third-order valence-corrected chi connectivity index (χ3v) is 10.9. The fourth-order valence-corrected chi connectivity index (χ4v) is 9.02. The molecule has 208 valence electrons. The summed E-state index contributed by atoms with van der Waals surface area (Å²) in [6, 6.07) is 50.9. The van der Waals surface area contributed by atoms with Crippen LogP contribution in [0.15, 0.2) is 144 Å². The molecule has 0 atom stereocenters. The minimum atomic E-state index is 0.914. The standard InChI is InChI=1S/C42H23NOS/c1-3-15-34-27(10-1)32-22-25(18-20-35(32)43(34)36-16-7-12-29-28-11-2-4-17-37(28)44-41(29)36)26-19-21-38-33(23-26)40-30-13-5-8-24-9-6-14-31(39(24)30)42(40)45-38/h1-23H. The highest BCUT2D eigenvalue weighted by Crippen LogP contribution is 2.54. The molecule has 1 aliphatic rings. The van der Waals surface area contributed by atoms with Crippen molar-refractivity contribution in [3.63, 3.8) is 0 Å². The lowest BCUT2D eigenvalue weighted by molar-refractivity contribution is 0.666. The molecular formula is C42H23NOS. The van der Waals surface area contributed by atoms with Crippen molar-refractivity contribution in [2.75, 3.05) is 0 Å². The number of nitrogens with zero attached hydrogens (tertiary/aromatic N) is 1. The number of thiophene rings is 1. The zero-order valence-electron chi connectivity index (χ0n) is 24.0. The number of fused-ring (bicyclic) bond motifs is 11. The first-order valence-corrected chi connectivity index (χ1v) is 16.2. The highest BCUT2D eigenvalue weighted by atomic mass is 32.1. The predicted molar refractivity (Wildman–Crippen MR) is 191 cm³/mol. The maximum absolute atomic E-state index is 6.49. The summed E-state index contributed by atoms with van der Waals surface area (Å²) in [7, 11) is 0. The number of furan rings is 1. The van der Waals surface area contributed by atoms with Crippen LogP contribution < -0.4 is 0 Å². The van der Waals surface area contributed by atoms with Crippen LogP contribution in [-0.4, -0.2) is 4.57 Å². The molecule has 1 aliphatic carbocycles. The molecule has 3 heterocycles. The van der Waals surface area contributed by atoms with Gasteiger partial charge in [-0.05, 0) is 69.9 Å². The Morgan fingerprint density at radius 2 is 1.22 bits per heavy atom. The van der Waals surface area contributed by atoms with Crippen molar-refractivity contribution in [2.45, 2.75) is 0 Å². The molecule has 0 N–H and O–H groups in total. The van der Waals surface area contributed by atoms with E-state index in [1.165, 1.54) is 75.4 Å². The summed E-state index contributed by atoms with van der Waals surface area (Å²) in [5.41, 5.74) is 11.8. The van der Waals surface area contributed by atoms with Gasteiger partial charge in [0.05, 0.1) is 16.7 Å². The van der Waals surface area contributed by atoms with E-state index in [0.717, 1.165) is 27.6 Å². The van der Waals surface area contributed by atoms with Crippen molar-refractivity contribution < 1.29 is 4.42 Å². The number of benzene rings is 7. The Labute approximate surface area is 262 Å². The van der Waals surface area contributed by atoms with Gasteiger partial charge in [-0.25, -0.2) is 0 Å². The van der Waals surface area contributed by atoms with Gasteiger partial charge in [0, 0.05) is 47.6 Å². The molecule has 7 aromatic carbocycles. The van der Waals surface area contributed by atoms with E-state index in [1.54, 1.807) is 0 Å². The molecule has 0 amide bonds. The molecule has 45 heavy (non-hydrogen) atoms. The van der Waals surface area contributed by atoms with Gasteiger partial charge >= 0.3 is 0 Å². The Morgan fingerprint density at radius 3 is 2.13 bits per heavy atom. The Balaban J connectivity index is 1.13. The molecule has 11 rings (SSSR count). The van der Waals surface area contributed by atoms with Crippen LogP contribution in [0, 0.1) is 0 Å². The Kier molecular flexibility index (Phi) is 4.49. The van der Waals surface area contributed by atoms with Crippen molar-refractivity contribution in [1.29, 1.82) is 0 Å². The lowest BCUT2D eigenvalue weighted by Gasteiger charge is -2.09. The van der Waals surface area contributed by atoms with Crippen LogP contribution in [0.4, 0.5) is 0 Å². The molecule has 0 saturated heterocycles.